The molecule has 2 aromatic rings. The summed E-state index contributed by atoms with van der Waals surface area (Å²) >= 11 is 0. The summed E-state index contributed by atoms with van der Waals surface area (Å²) in [6.45, 7) is 0.436. The van der Waals surface area contributed by atoms with Crippen LogP contribution in [-0.2, 0) is 6.18 Å². The Kier molecular flexibility index (Phi) is 5.05. The number of benzene rings is 2. The van der Waals surface area contributed by atoms with Gasteiger partial charge < -0.3 is 14.7 Å². The first kappa shape index (κ1) is 18.1. The highest BCUT2D eigenvalue weighted by atomic mass is 19.4. The molecule has 0 spiro atoms. The molecule has 26 heavy (non-hydrogen) atoms. The van der Waals surface area contributed by atoms with Crippen LogP contribution < -0.4 is 9.64 Å². The number of nitrogens with zero attached hydrogens (tertiary/aromatic N) is 2. The molecule has 1 aliphatic rings. The molecule has 0 saturated carbocycles. The van der Waals surface area contributed by atoms with Crippen molar-refractivity contribution >= 4 is 5.69 Å². The second-order valence-corrected chi connectivity index (χ2v) is 6.15. The standard InChI is InChI=1S/C19H17F3N2O2/c20-19(21,22)14-3-7-17(8-4-14)26-18-9-16(12-25)24(11-18)15-5-1-13(10-23)2-6-15/h1-8,16,18,25H,9,11-12H2/t16-,18?/m0/s1. The lowest BCUT2D eigenvalue weighted by Gasteiger charge is -2.24. The van der Waals surface area contributed by atoms with Gasteiger partial charge in [0.1, 0.15) is 11.9 Å². The van der Waals surface area contributed by atoms with Crippen molar-refractivity contribution in [3.05, 3.63) is 59.7 Å². The number of rotatable bonds is 4. The van der Waals surface area contributed by atoms with Crippen LogP contribution >= 0.6 is 0 Å². The second kappa shape index (κ2) is 7.26. The van der Waals surface area contributed by atoms with Gasteiger partial charge in [-0.25, -0.2) is 0 Å². The summed E-state index contributed by atoms with van der Waals surface area (Å²) < 4.78 is 43.7. The predicted molar refractivity (Wildman–Crippen MR) is 89.9 cm³/mol. The molecule has 2 aromatic carbocycles. The lowest BCUT2D eigenvalue weighted by atomic mass is 10.2. The largest absolute Gasteiger partial charge is 0.489 e. The Morgan fingerprint density at radius 3 is 2.31 bits per heavy atom. The van der Waals surface area contributed by atoms with E-state index in [-0.39, 0.29) is 18.8 Å². The molecule has 0 aliphatic carbocycles. The van der Waals surface area contributed by atoms with E-state index in [1.165, 1.54) is 12.1 Å². The second-order valence-electron chi connectivity index (χ2n) is 6.15. The molecule has 4 nitrogen and oxygen atoms in total. The SMILES string of the molecule is N#Cc1ccc(N2CC(Oc3ccc(C(F)(F)F)cc3)C[C@H]2CO)cc1. The molecule has 0 radical (unpaired) electrons. The zero-order chi connectivity index (χ0) is 18.7. The number of alkyl halides is 3. The molecule has 0 bridgehead atoms. The smallest absolute Gasteiger partial charge is 0.416 e. The fourth-order valence-corrected chi connectivity index (χ4v) is 3.09. The van der Waals surface area contributed by atoms with Crippen LogP contribution in [0.25, 0.3) is 0 Å². The van der Waals surface area contributed by atoms with Crippen LogP contribution in [0.2, 0.25) is 0 Å². The third kappa shape index (κ3) is 3.92. The number of halogens is 3. The van der Waals surface area contributed by atoms with Gasteiger partial charge in [0.2, 0.25) is 0 Å². The van der Waals surface area contributed by atoms with Crippen molar-refractivity contribution in [2.75, 3.05) is 18.1 Å². The van der Waals surface area contributed by atoms with E-state index < -0.39 is 11.7 Å². The normalized spacial score (nSPS) is 20.0. The first-order valence-corrected chi connectivity index (χ1v) is 8.12. The maximum absolute atomic E-state index is 12.6. The number of nitriles is 1. The summed E-state index contributed by atoms with van der Waals surface area (Å²) in [6.07, 6.45) is -4.07. The highest BCUT2D eigenvalue weighted by Gasteiger charge is 2.34. The van der Waals surface area contributed by atoms with Crippen molar-refractivity contribution in [1.29, 1.82) is 5.26 Å². The van der Waals surface area contributed by atoms with Crippen molar-refractivity contribution in [3.8, 4) is 11.8 Å². The van der Waals surface area contributed by atoms with Crippen LogP contribution in [0.4, 0.5) is 18.9 Å². The van der Waals surface area contributed by atoms with Gasteiger partial charge in [0, 0.05) is 12.1 Å². The molecule has 7 heteroatoms. The van der Waals surface area contributed by atoms with Crippen molar-refractivity contribution in [1.82, 2.24) is 0 Å². The summed E-state index contributed by atoms with van der Waals surface area (Å²) in [5, 5.41) is 18.5. The van der Waals surface area contributed by atoms with Crippen LogP contribution in [0.5, 0.6) is 5.75 Å². The zero-order valence-electron chi connectivity index (χ0n) is 13.8. The summed E-state index contributed by atoms with van der Waals surface area (Å²) in [4.78, 5) is 1.98. The highest BCUT2D eigenvalue weighted by molar-refractivity contribution is 5.51. The molecule has 1 unspecified atom stereocenters. The summed E-state index contributed by atoms with van der Waals surface area (Å²) in [6, 6.07) is 13.5. The Morgan fingerprint density at radius 2 is 1.77 bits per heavy atom. The van der Waals surface area contributed by atoms with Crippen LogP contribution in [0.15, 0.2) is 48.5 Å². The van der Waals surface area contributed by atoms with E-state index in [1.54, 1.807) is 12.1 Å². The molecule has 1 aliphatic heterocycles. The molecule has 2 atom stereocenters. The number of hydrogen-bond acceptors (Lipinski definition) is 4. The van der Waals surface area contributed by atoms with Gasteiger partial charge in [0.15, 0.2) is 0 Å². The van der Waals surface area contributed by atoms with Crippen molar-refractivity contribution in [2.24, 2.45) is 0 Å². The van der Waals surface area contributed by atoms with Gasteiger partial charge in [-0.05, 0) is 48.5 Å². The number of aliphatic hydroxyl groups excluding tert-OH is 1. The Labute approximate surface area is 149 Å². The summed E-state index contributed by atoms with van der Waals surface area (Å²) in [5.74, 6) is 0.362. The Bertz CT molecular complexity index is 782. The maximum atomic E-state index is 12.6. The van der Waals surface area contributed by atoms with Crippen molar-refractivity contribution in [2.45, 2.75) is 24.7 Å². The van der Waals surface area contributed by atoms with E-state index in [2.05, 4.69) is 6.07 Å². The first-order chi connectivity index (χ1) is 12.4. The van der Waals surface area contributed by atoms with Gasteiger partial charge in [-0.1, -0.05) is 0 Å². The first-order valence-electron chi connectivity index (χ1n) is 8.12. The van der Waals surface area contributed by atoms with E-state index in [1.807, 2.05) is 17.0 Å². The predicted octanol–water partition coefficient (Wildman–Crippen LogP) is 3.60. The fraction of sp³-hybridized carbons (Fsp3) is 0.316. The van der Waals surface area contributed by atoms with Gasteiger partial charge in [0.25, 0.3) is 0 Å². The maximum Gasteiger partial charge on any atom is 0.416 e. The molecule has 1 heterocycles. The monoisotopic (exact) mass is 362 g/mol. The van der Waals surface area contributed by atoms with Crippen LogP contribution in [0, 0.1) is 11.3 Å². The summed E-state index contributed by atoms with van der Waals surface area (Å²) in [7, 11) is 0. The minimum atomic E-state index is -4.37. The van der Waals surface area contributed by atoms with E-state index in [9.17, 15) is 18.3 Å². The van der Waals surface area contributed by atoms with Crippen LogP contribution in [-0.4, -0.2) is 30.4 Å². The van der Waals surface area contributed by atoms with Crippen LogP contribution in [0.3, 0.4) is 0 Å². The van der Waals surface area contributed by atoms with E-state index in [0.29, 0.717) is 24.3 Å². The molecule has 1 N–H and O–H groups in total. The van der Waals surface area contributed by atoms with Gasteiger partial charge >= 0.3 is 6.18 Å². The van der Waals surface area contributed by atoms with E-state index in [0.717, 1.165) is 17.8 Å². The van der Waals surface area contributed by atoms with Crippen molar-refractivity contribution < 1.29 is 23.0 Å². The Balaban J connectivity index is 1.69. The van der Waals surface area contributed by atoms with Crippen LogP contribution in [0.1, 0.15) is 17.5 Å². The fourth-order valence-electron chi connectivity index (χ4n) is 3.09. The third-order valence-corrected chi connectivity index (χ3v) is 4.40. The van der Waals surface area contributed by atoms with Crippen molar-refractivity contribution in [3.63, 3.8) is 0 Å². The Hall–Kier alpha value is -2.72. The van der Waals surface area contributed by atoms with Gasteiger partial charge in [-0.15, -0.1) is 0 Å². The Morgan fingerprint density at radius 1 is 1.12 bits per heavy atom. The molecular weight excluding hydrogens is 345 g/mol. The topological polar surface area (TPSA) is 56.5 Å². The number of aliphatic hydroxyl groups is 1. The number of ether oxygens (including phenoxy) is 1. The quantitative estimate of drug-likeness (QED) is 0.903. The third-order valence-electron chi connectivity index (χ3n) is 4.40. The molecule has 136 valence electrons. The van der Waals surface area contributed by atoms with Gasteiger partial charge in [-0.3, -0.25) is 0 Å². The molecular formula is C19H17F3N2O2. The lowest BCUT2D eigenvalue weighted by molar-refractivity contribution is -0.137. The molecule has 1 fully saturated rings. The lowest BCUT2D eigenvalue weighted by Crippen LogP contribution is -2.32. The van der Waals surface area contributed by atoms with E-state index in [4.69, 9.17) is 10.00 Å². The number of hydrogen-bond donors (Lipinski definition) is 1. The average molecular weight is 362 g/mol. The minimum Gasteiger partial charge on any atom is -0.489 e. The highest BCUT2D eigenvalue weighted by Crippen LogP contribution is 2.32. The molecule has 3 rings (SSSR count). The van der Waals surface area contributed by atoms with Gasteiger partial charge in [0.05, 0.1) is 36.4 Å². The number of anilines is 1. The molecule has 0 aromatic heterocycles. The zero-order valence-corrected chi connectivity index (χ0v) is 13.8. The summed E-state index contributed by atoms with van der Waals surface area (Å²) in [5.41, 5.74) is 0.691. The molecule has 1 saturated heterocycles. The van der Waals surface area contributed by atoms with E-state index >= 15 is 0 Å². The average Bonchev–Trinajstić information content (AvgIpc) is 3.04. The van der Waals surface area contributed by atoms with Gasteiger partial charge in [-0.2, -0.15) is 18.4 Å². The molecule has 0 amide bonds. The minimum absolute atomic E-state index is 0.0626.